The number of rotatable bonds is 2. The predicted octanol–water partition coefficient (Wildman–Crippen LogP) is 0.284. The van der Waals surface area contributed by atoms with Crippen LogP contribution in [0.1, 0.15) is 13.8 Å². The molecule has 3 N–H and O–H groups in total. The molecule has 0 aliphatic rings. The molecule has 0 aliphatic carbocycles. The molecule has 0 saturated heterocycles. The van der Waals surface area contributed by atoms with Crippen molar-refractivity contribution in [3.8, 4) is 0 Å². The van der Waals surface area contributed by atoms with Gasteiger partial charge in [-0.25, -0.2) is 4.90 Å². The molecule has 1 aromatic carbocycles. The molecule has 0 fully saturated rings. The molecule has 0 aromatic heterocycles. The van der Waals surface area contributed by atoms with Gasteiger partial charge >= 0.3 is 11.8 Å². The van der Waals surface area contributed by atoms with E-state index < -0.39 is 17.7 Å². The van der Waals surface area contributed by atoms with Crippen LogP contribution in [-0.2, 0) is 14.4 Å². The standard InChI is InChI=1S/C12H15N3O3/c1-3-14-11(17)12(18)15(8(2)16)10-6-4-5-9(13)7-10/h4-7H,3,13H2,1-2H3,(H,14,17). The number of nitrogens with zero attached hydrogens (tertiary/aromatic N) is 1. The summed E-state index contributed by atoms with van der Waals surface area (Å²) in [5.74, 6) is -2.29. The minimum atomic E-state index is -0.921. The van der Waals surface area contributed by atoms with E-state index in [9.17, 15) is 14.4 Å². The highest BCUT2D eigenvalue weighted by Gasteiger charge is 2.26. The molecule has 0 saturated carbocycles. The molecule has 0 unspecified atom stereocenters. The Morgan fingerprint density at radius 3 is 2.50 bits per heavy atom. The molecular weight excluding hydrogens is 234 g/mol. The van der Waals surface area contributed by atoms with E-state index in [0.29, 0.717) is 12.2 Å². The average molecular weight is 249 g/mol. The van der Waals surface area contributed by atoms with Gasteiger partial charge in [0.25, 0.3) is 0 Å². The first kappa shape index (κ1) is 13.7. The second kappa shape index (κ2) is 5.81. The van der Waals surface area contributed by atoms with Gasteiger partial charge in [-0.3, -0.25) is 14.4 Å². The molecule has 0 heterocycles. The summed E-state index contributed by atoms with van der Waals surface area (Å²) >= 11 is 0. The van der Waals surface area contributed by atoms with Crippen LogP contribution in [-0.4, -0.2) is 24.3 Å². The van der Waals surface area contributed by atoms with Gasteiger partial charge in [0, 0.05) is 19.2 Å². The maximum atomic E-state index is 11.8. The van der Waals surface area contributed by atoms with Crippen LogP contribution in [0, 0.1) is 0 Å². The molecule has 1 rings (SSSR count). The van der Waals surface area contributed by atoms with Gasteiger partial charge in [-0.15, -0.1) is 0 Å². The van der Waals surface area contributed by atoms with Crippen molar-refractivity contribution in [2.75, 3.05) is 17.2 Å². The van der Waals surface area contributed by atoms with Crippen molar-refractivity contribution < 1.29 is 14.4 Å². The van der Waals surface area contributed by atoms with Gasteiger partial charge in [-0.05, 0) is 25.1 Å². The lowest BCUT2D eigenvalue weighted by molar-refractivity contribution is -0.139. The zero-order chi connectivity index (χ0) is 13.7. The quantitative estimate of drug-likeness (QED) is 0.581. The van der Waals surface area contributed by atoms with Crippen LogP contribution in [0.2, 0.25) is 0 Å². The summed E-state index contributed by atoms with van der Waals surface area (Å²) in [6, 6.07) is 6.22. The Morgan fingerprint density at radius 1 is 1.33 bits per heavy atom. The molecule has 18 heavy (non-hydrogen) atoms. The Bertz CT molecular complexity index is 485. The first-order chi connectivity index (χ1) is 8.47. The summed E-state index contributed by atoms with van der Waals surface area (Å²) in [5.41, 5.74) is 6.26. The lowest BCUT2D eigenvalue weighted by atomic mass is 10.2. The van der Waals surface area contributed by atoms with Crippen LogP contribution in [0.15, 0.2) is 24.3 Å². The highest BCUT2D eigenvalue weighted by atomic mass is 16.2. The smallest absolute Gasteiger partial charge is 0.323 e. The van der Waals surface area contributed by atoms with Gasteiger partial charge in [0.2, 0.25) is 5.91 Å². The predicted molar refractivity (Wildman–Crippen MR) is 67.7 cm³/mol. The summed E-state index contributed by atoms with van der Waals surface area (Å²) in [7, 11) is 0. The topological polar surface area (TPSA) is 92.5 Å². The van der Waals surface area contributed by atoms with Crippen molar-refractivity contribution in [3.63, 3.8) is 0 Å². The number of anilines is 2. The van der Waals surface area contributed by atoms with Crippen LogP contribution in [0.5, 0.6) is 0 Å². The van der Waals surface area contributed by atoms with Gasteiger partial charge in [-0.1, -0.05) is 6.07 Å². The summed E-state index contributed by atoms with van der Waals surface area (Å²) < 4.78 is 0. The molecule has 0 radical (unpaired) electrons. The number of imide groups is 1. The monoisotopic (exact) mass is 249 g/mol. The highest BCUT2D eigenvalue weighted by molar-refractivity contribution is 6.45. The van der Waals surface area contributed by atoms with E-state index >= 15 is 0 Å². The number of nitrogen functional groups attached to an aromatic ring is 1. The van der Waals surface area contributed by atoms with Gasteiger partial charge in [0.1, 0.15) is 0 Å². The lowest BCUT2D eigenvalue weighted by Gasteiger charge is -2.18. The van der Waals surface area contributed by atoms with E-state index in [2.05, 4.69) is 5.32 Å². The van der Waals surface area contributed by atoms with Gasteiger partial charge in [0.15, 0.2) is 0 Å². The van der Waals surface area contributed by atoms with Gasteiger partial charge in [-0.2, -0.15) is 0 Å². The number of carbonyl (C=O) groups excluding carboxylic acids is 3. The van der Waals surface area contributed by atoms with E-state index in [0.717, 1.165) is 4.90 Å². The number of nitrogens with one attached hydrogen (secondary N) is 1. The van der Waals surface area contributed by atoms with Crippen LogP contribution in [0.3, 0.4) is 0 Å². The average Bonchev–Trinajstić information content (AvgIpc) is 2.29. The number of hydrogen-bond acceptors (Lipinski definition) is 4. The first-order valence-electron chi connectivity index (χ1n) is 5.45. The van der Waals surface area contributed by atoms with Gasteiger partial charge < -0.3 is 11.1 Å². The Kier molecular flexibility index (Phi) is 4.42. The zero-order valence-electron chi connectivity index (χ0n) is 10.3. The SMILES string of the molecule is CCNC(=O)C(=O)N(C(C)=O)c1cccc(N)c1. The molecule has 3 amide bonds. The summed E-state index contributed by atoms with van der Waals surface area (Å²) in [6.07, 6.45) is 0. The molecule has 0 atom stereocenters. The maximum absolute atomic E-state index is 11.8. The van der Waals surface area contributed by atoms with E-state index in [4.69, 9.17) is 5.73 Å². The van der Waals surface area contributed by atoms with Gasteiger partial charge in [0.05, 0.1) is 5.69 Å². The van der Waals surface area contributed by atoms with E-state index in [1.807, 2.05) is 0 Å². The molecule has 6 nitrogen and oxygen atoms in total. The maximum Gasteiger partial charge on any atom is 0.323 e. The third-order valence-corrected chi connectivity index (χ3v) is 2.18. The van der Waals surface area contributed by atoms with Crippen molar-refractivity contribution in [1.82, 2.24) is 5.32 Å². The number of likely N-dealkylation sites (N-methyl/N-ethyl adjacent to an activating group) is 1. The molecule has 0 spiro atoms. The van der Waals surface area contributed by atoms with E-state index in [-0.39, 0.29) is 5.69 Å². The summed E-state index contributed by atoms with van der Waals surface area (Å²) in [4.78, 5) is 35.6. The number of hydrogen-bond donors (Lipinski definition) is 2. The van der Waals surface area contributed by atoms with E-state index in [1.54, 1.807) is 19.1 Å². The Labute approximate surface area is 105 Å². The number of nitrogens with two attached hydrogens (primary N) is 1. The highest BCUT2D eigenvalue weighted by Crippen LogP contribution is 2.18. The number of amides is 3. The van der Waals surface area contributed by atoms with Crippen LogP contribution < -0.4 is 16.0 Å². The number of benzene rings is 1. The lowest BCUT2D eigenvalue weighted by Crippen LogP contribution is -2.45. The van der Waals surface area contributed by atoms with Crippen LogP contribution in [0.4, 0.5) is 11.4 Å². The van der Waals surface area contributed by atoms with Crippen molar-refractivity contribution >= 4 is 29.1 Å². The minimum absolute atomic E-state index is 0.277. The van der Waals surface area contributed by atoms with Crippen molar-refractivity contribution in [2.45, 2.75) is 13.8 Å². The minimum Gasteiger partial charge on any atom is -0.399 e. The summed E-state index contributed by atoms with van der Waals surface area (Å²) in [5, 5.41) is 2.35. The third kappa shape index (κ3) is 3.07. The Morgan fingerprint density at radius 2 is 2.00 bits per heavy atom. The fourth-order valence-electron chi connectivity index (χ4n) is 1.44. The Hall–Kier alpha value is -2.37. The van der Waals surface area contributed by atoms with Crippen LogP contribution >= 0.6 is 0 Å². The van der Waals surface area contributed by atoms with Crippen molar-refractivity contribution in [3.05, 3.63) is 24.3 Å². The summed E-state index contributed by atoms with van der Waals surface area (Å²) in [6.45, 7) is 3.21. The fourth-order valence-corrected chi connectivity index (χ4v) is 1.44. The first-order valence-corrected chi connectivity index (χ1v) is 5.45. The van der Waals surface area contributed by atoms with Crippen LogP contribution in [0.25, 0.3) is 0 Å². The molecule has 6 heteroatoms. The largest absolute Gasteiger partial charge is 0.399 e. The zero-order valence-corrected chi connectivity index (χ0v) is 10.3. The molecule has 96 valence electrons. The molecule has 0 aliphatic heterocycles. The second-order valence-electron chi connectivity index (χ2n) is 3.61. The molecular formula is C12H15N3O3. The van der Waals surface area contributed by atoms with Crippen molar-refractivity contribution in [1.29, 1.82) is 0 Å². The molecule has 0 bridgehead atoms. The molecule has 1 aromatic rings. The number of carbonyl (C=O) groups is 3. The normalized spacial score (nSPS) is 9.67. The third-order valence-electron chi connectivity index (χ3n) is 2.18. The second-order valence-corrected chi connectivity index (χ2v) is 3.61. The van der Waals surface area contributed by atoms with E-state index in [1.165, 1.54) is 19.1 Å². The fraction of sp³-hybridized carbons (Fsp3) is 0.250. The van der Waals surface area contributed by atoms with Crippen molar-refractivity contribution in [2.24, 2.45) is 0 Å². The Balaban J connectivity index is 3.07.